The molecule has 0 saturated carbocycles. The number of carbonyl (C=O) groups is 1. The molecule has 0 saturated heterocycles. The number of anilines is 1. The molecule has 7 heteroatoms. The van der Waals surface area contributed by atoms with E-state index in [0.29, 0.717) is 17.1 Å². The molecule has 3 aromatic rings. The van der Waals surface area contributed by atoms with Crippen LogP contribution in [0.1, 0.15) is 15.9 Å². The lowest BCUT2D eigenvalue weighted by Gasteiger charge is -2.07. The molecule has 0 aliphatic heterocycles. The third kappa shape index (κ3) is 2.76. The number of amides is 1. The lowest BCUT2D eigenvalue weighted by molar-refractivity contribution is 0.102. The zero-order valence-electron chi connectivity index (χ0n) is 11.3. The van der Waals surface area contributed by atoms with E-state index in [0.717, 1.165) is 5.56 Å². The number of aromatic nitrogens is 5. The van der Waals surface area contributed by atoms with Crippen molar-refractivity contribution in [1.82, 2.24) is 25.2 Å². The Balaban J connectivity index is 1.85. The van der Waals surface area contributed by atoms with Gasteiger partial charge in [-0.3, -0.25) is 4.79 Å². The maximum atomic E-state index is 12.3. The molecule has 7 nitrogen and oxygen atoms in total. The lowest BCUT2D eigenvalue weighted by atomic mass is 10.2. The van der Waals surface area contributed by atoms with Crippen molar-refractivity contribution in [3.8, 4) is 5.69 Å². The Morgan fingerprint density at radius 2 is 2.14 bits per heavy atom. The molecule has 1 aromatic carbocycles. The zero-order valence-corrected chi connectivity index (χ0v) is 11.3. The first-order valence-electron chi connectivity index (χ1n) is 6.30. The number of carbonyl (C=O) groups excluding carboxylic acids is 1. The number of nitrogens with zero attached hydrogens (tertiary/aromatic N) is 5. The van der Waals surface area contributed by atoms with Gasteiger partial charge in [0, 0.05) is 11.8 Å². The van der Waals surface area contributed by atoms with Crippen molar-refractivity contribution in [2.45, 2.75) is 6.92 Å². The highest BCUT2D eigenvalue weighted by Gasteiger charge is 2.09. The SMILES string of the molecule is Cc1cccnc1NC(=O)c1cccc(-n2cnnn2)c1. The van der Waals surface area contributed by atoms with E-state index in [2.05, 4.69) is 25.8 Å². The maximum absolute atomic E-state index is 12.3. The van der Waals surface area contributed by atoms with Crippen LogP contribution < -0.4 is 5.32 Å². The summed E-state index contributed by atoms with van der Waals surface area (Å²) in [5.41, 5.74) is 2.13. The van der Waals surface area contributed by atoms with Crippen LogP contribution in [-0.2, 0) is 0 Å². The predicted molar refractivity (Wildman–Crippen MR) is 76.1 cm³/mol. The van der Waals surface area contributed by atoms with Gasteiger partial charge in [-0.25, -0.2) is 9.67 Å². The van der Waals surface area contributed by atoms with Crippen LogP contribution in [0.15, 0.2) is 48.9 Å². The van der Waals surface area contributed by atoms with Crippen LogP contribution in [0, 0.1) is 6.92 Å². The average Bonchev–Trinajstić information content (AvgIpc) is 3.04. The predicted octanol–water partition coefficient (Wildman–Crippen LogP) is 1.62. The highest BCUT2D eigenvalue weighted by Crippen LogP contribution is 2.13. The monoisotopic (exact) mass is 280 g/mol. The van der Waals surface area contributed by atoms with Gasteiger partial charge >= 0.3 is 0 Å². The quantitative estimate of drug-likeness (QED) is 0.788. The van der Waals surface area contributed by atoms with Gasteiger partial charge in [0.15, 0.2) is 0 Å². The Morgan fingerprint density at radius 1 is 1.24 bits per heavy atom. The van der Waals surface area contributed by atoms with Crippen LogP contribution in [0.25, 0.3) is 5.69 Å². The summed E-state index contributed by atoms with van der Waals surface area (Å²) in [7, 11) is 0. The zero-order chi connectivity index (χ0) is 14.7. The van der Waals surface area contributed by atoms with Gasteiger partial charge in [0.05, 0.1) is 5.69 Å². The van der Waals surface area contributed by atoms with E-state index in [1.54, 1.807) is 24.4 Å². The van der Waals surface area contributed by atoms with E-state index in [9.17, 15) is 4.79 Å². The Kier molecular flexibility index (Phi) is 3.38. The van der Waals surface area contributed by atoms with Crippen LogP contribution >= 0.6 is 0 Å². The fourth-order valence-electron chi connectivity index (χ4n) is 1.87. The Labute approximate surface area is 120 Å². The van der Waals surface area contributed by atoms with Gasteiger partial charge in [0.25, 0.3) is 5.91 Å². The summed E-state index contributed by atoms with van der Waals surface area (Å²) in [6, 6.07) is 10.7. The molecule has 1 N–H and O–H groups in total. The molecule has 0 unspecified atom stereocenters. The number of nitrogens with one attached hydrogen (secondary N) is 1. The minimum absolute atomic E-state index is 0.230. The Morgan fingerprint density at radius 3 is 2.90 bits per heavy atom. The summed E-state index contributed by atoms with van der Waals surface area (Å²) < 4.78 is 1.49. The van der Waals surface area contributed by atoms with Crippen LogP contribution in [-0.4, -0.2) is 31.1 Å². The van der Waals surface area contributed by atoms with Crippen LogP contribution in [0.5, 0.6) is 0 Å². The summed E-state index contributed by atoms with van der Waals surface area (Å²) in [5.74, 6) is 0.321. The van der Waals surface area contributed by atoms with E-state index >= 15 is 0 Å². The number of benzene rings is 1. The molecule has 0 radical (unpaired) electrons. The van der Waals surface area contributed by atoms with Crippen LogP contribution in [0.3, 0.4) is 0 Å². The van der Waals surface area contributed by atoms with E-state index in [1.165, 1.54) is 11.0 Å². The number of hydrogen-bond acceptors (Lipinski definition) is 5. The second kappa shape index (κ2) is 5.49. The number of rotatable bonds is 3. The molecular formula is C14H12N6O. The first-order valence-corrected chi connectivity index (χ1v) is 6.30. The van der Waals surface area contributed by atoms with Gasteiger partial charge in [-0.2, -0.15) is 0 Å². The summed E-state index contributed by atoms with van der Waals surface area (Å²) in [5, 5.41) is 13.7. The van der Waals surface area contributed by atoms with Crippen molar-refractivity contribution < 1.29 is 4.79 Å². The molecule has 2 aromatic heterocycles. The molecule has 0 spiro atoms. The second-order valence-corrected chi connectivity index (χ2v) is 4.43. The average molecular weight is 280 g/mol. The minimum Gasteiger partial charge on any atom is -0.306 e. The first kappa shape index (κ1) is 12.9. The molecule has 104 valence electrons. The van der Waals surface area contributed by atoms with Crippen molar-refractivity contribution in [3.05, 3.63) is 60.0 Å². The topological polar surface area (TPSA) is 85.6 Å². The minimum atomic E-state index is -0.230. The Bertz CT molecular complexity index is 769. The third-order valence-electron chi connectivity index (χ3n) is 2.96. The molecule has 0 atom stereocenters. The van der Waals surface area contributed by atoms with Gasteiger partial charge in [-0.1, -0.05) is 12.1 Å². The highest BCUT2D eigenvalue weighted by molar-refractivity contribution is 6.04. The van der Waals surface area contributed by atoms with E-state index in [1.807, 2.05) is 25.1 Å². The molecule has 21 heavy (non-hydrogen) atoms. The third-order valence-corrected chi connectivity index (χ3v) is 2.96. The normalized spacial score (nSPS) is 10.3. The molecule has 0 fully saturated rings. The lowest BCUT2D eigenvalue weighted by Crippen LogP contribution is -2.14. The summed E-state index contributed by atoms with van der Waals surface area (Å²) >= 11 is 0. The van der Waals surface area contributed by atoms with E-state index < -0.39 is 0 Å². The summed E-state index contributed by atoms with van der Waals surface area (Å²) in [4.78, 5) is 16.4. The smallest absolute Gasteiger partial charge is 0.256 e. The van der Waals surface area contributed by atoms with Crippen molar-refractivity contribution in [1.29, 1.82) is 0 Å². The van der Waals surface area contributed by atoms with Crippen LogP contribution in [0.2, 0.25) is 0 Å². The molecule has 0 aliphatic rings. The van der Waals surface area contributed by atoms with Crippen molar-refractivity contribution in [2.75, 3.05) is 5.32 Å². The Hall–Kier alpha value is -3.09. The molecule has 1 amide bonds. The number of hydrogen-bond donors (Lipinski definition) is 1. The van der Waals surface area contributed by atoms with Gasteiger partial charge in [-0.05, 0) is 47.2 Å². The molecule has 0 aliphatic carbocycles. The van der Waals surface area contributed by atoms with Crippen molar-refractivity contribution in [3.63, 3.8) is 0 Å². The van der Waals surface area contributed by atoms with Crippen molar-refractivity contribution >= 4 is 11.7 Å². The van der Waals surface area contributed by atoms with Crippen LogP contribution in [0.4, 0.5) is 5.82 Å². The van der Waals surface area contributed by atoms with Gasteiger partial charge in [0.2, 0.25) is 0 Å². The van der Waals surface area contributed by atoms with Gasteiger partial charge in [-0.15, -0.1) is 5.10 Å². The largest absolute Gasteiger partial charge is 0.306 e. The first-order chi connectivity index (χ1) is 10.2. The van der Waals surface area contributed by atoms with Crippen molar-refractivity contribution in [2.24, 2.45) is 0 Å². The summed E-state index contributed by atoms with van der Waals surface area (Å²) in [6.45, 7) is 1.89. The highest BCUT2D eigenvalue weighted by atomic mass is 16.1. The standard InChI is InChI=1S/C14H12N6O/c1-10-4-3-7-15-13(10)17-14(21)11-5-2-6-12(8-11)20-9-16-18-19-20/h2-9H,1H3,(H,15,17,21). The maximum Gasteiger partial charge on any atom is 0.256 e. The molecular weight excluding hydrogens is 268 g/mol. The fraction of sp³-hybridized carbons (Fsp3) is 0.0714. The summed E-state index contributed by atoms with van der Waals surface area (Å²) in [6.07, 6.45) is 3.11. The van der Waals surface area contributed by atoms with Gasteiger partial charge in [0.1, 0.15) is 12.1 Å². The number of pyridine rings is 1. The molecule has 2 heterocycles. The fourth-order valence-corrected chi connectivity index (χ4v) is 1.87. The molecule has 0 bridgehead atoms. The molecule has 3 rings (SSSR count). The number of tetrazole rings is 1. The van der Waals surface area contributed by atoms with E-state index in [4.69, 9.17) is 0 Å². The van der Waals surface area contributed by atoms with E-state index in [-0.39, 0.29) is 5.91 Å². The second-order valence-electron chi connectivity index (χ2n) is 4.43. The number of aryl methyl sites for hydroxylation is 1. The van der Waals surface area contributed by atoms with Gasteiger partial charge < -0.3 is 5.32 Å².